The summed E-state index contributed by atoms with van der Waals surface area (Å²) in [5, 5.41) is 3.89. The molecule has 0 saturated heterocycles. The maximum Gasteiger partial charge on any atom is 0.128 e. The highest BCUT2D eigenvalue weighted by Gasteiger charge is 2.03. The van der Waals surface area contributed by atoms with Crippen LogP contribution in [-0.4, -0.2) is 0 Å². The maximum absolute atomic E-state index is 13.5. The largest absolute Gasteiger partial charge is 0.381 e. The topological polar surface area (TPSA) is 12.0 Å². The summed E-state index contributed by atoms with van der Waals surface area (Å²) >= 11 is 6.04. The third kappa shape index (κ3) is 3.02. The zero-order valence-corrected chi connectivity index (χ0v) is 11.2. The first-order valence-corrected chi connectivity index (χ1v) is 6.19. The predicted molar refractivity (Wildman–Crippen MR) is 74.7 cm³/mol. The number of benzene rings is 2. The lowest BCUT2D eigenvalue weighted by Gasteiger charge is -2.09. The first kappa shape index (κ1) is 12.9. The molecule has 0 radical (unpaired) electrons. The fourth-order valence-corrected chi connectivity index (χ4v) is 1.92. The molecule has 0 saturated carbocycles. The molecule has 2 rings (SSSR count). The van der Waals surface area contributed by atoms with Crippen LogP contribution in [0.4, 0.5) is 10.1 Å². The molecule has 1 N–H and O–H groups in total. The number of anilines is 1. The molecule has 0 aromatic heterocycles. The molecule has 2 aromatic rings. The van der Waals surface area contributed by atoms with E-state index in [1.807, 2.05) is 38.1 Å². The predicted octanol–water partition coefficient (Wildman–Crippen LogP) is 4.71. The summed E-state index contributed by atoms with van der Waals surface area (Å²) in [6, 6.07) is 10.8. The summed E-state index contributed by atoms with van der Waals surface area (Å²) in [5.74, 6) is -0.189. The van der Waals surface area contributed by atoms with Gasteiger partial charge in [-0.3, -0.25) is 0 Å². The second kappa shape index (κ2) is 5.40. The molecule has 0 unspecified atom stereocenters. The summed E-state index contributed by atoms with van der Waals surface area (Å²) in [6.45, 7) is 4.35. The van der Waals surface area contributed by atoms with Gasteiger partial charge in [0, 0.05) is 22.8 Å². The summed E-state index contributed by atoms with van der Waals surface area (Å²) < 4.78 is 13.5. The SMILES string of the molecule is Cc1ccc(F)c(CNc2ccc(C)c(Cl)c2)c1. The lowest BCUT2D eigenvalue weighted by atomic mass is 10.1. The number of nitrogens with one attached hydrogen (secondary N) is 1. The second-order valence-electron chi connectivity index (χ2n) is 4.41. The van der Waals surface area contributed by atoms with Crippen LogP contribution in [0.3, 0.4) is 0 Å². The Hall–Kier alpha value is -1.54. The van der Waals surface area contributed by atoms with Crippen LogP contribution in [0.15, 0.2) is 36.4 Å². The van der Waals surface area contributed by atoms with Crippen molar-refractivity contribution in [2.45, 2.75) is 20.4 Å². The molecule has 2 aromatic carbocycles. The van der Waals surface area contributed by atoms with Gasteiger partial charge in [0.2, 0.25) is 0 Å². The Balaban J connectivity index is 2.11. The molecule has 0 heterocycles. The van der Waals surface area contributed by atoms with E-state index in [0.717, 1.165) is 16.8 Å². The van der Waals surface area contributed by atoms with Gasteiger partial charge in [0.15, 0.2) is 0 Å². The van der Waals surface area contributed by atoms with E-state index in [0.29, 0.717) is 17.1 Å². The van der Waals surface area contributed by atoms with Gasteiger partial charge < -0.3 is 5.32 Å². The van der Waals surface area contributed by atoms with Crippen molar-refractivity contribution in [2.24, 2.45) is 0 Å². The van der Waals surface area contributed by atoms with Crippen LogP contribution in [0.5, 0.6) is 0 Å². The van der Waals surface area contributed by atoms with Gasteiger partial charge in [-0.1, -0.05) is 35.4 Å². The number of halogens is 2. The Morgan fingerprint density at radius 1 is 1.11 bits per heavy atom. The number of hydrogen-bond acceptors (Lipinski definition) is 1. The van der Waals surface area contributed by atoms with Crippen molar-refractivity contribution in [1.29, 1.82) is 0 Å². The van der Waals surface area contributed by atoms with Crippen LogP contribution in [0.2, 0.25) is 5.02 Å². The molecule has 0 aliphatic heterocycles. The van der Waals surface area contributed by atoms with Crippen molar-refractivity contribution in [1.82, 2.24) is 0 Å². The van der Waals surface area contributed by atoms with Gasteiger partial charge in [-0.25, -0.2) is 4.39 Å². The minimum absolute atomic E-state index is 0.189. The summed E-state index contributed by atoms with van der Waals surface area (Å²) in [5.41, 5.74) is 3.64. The average Bonchev–Trinajstić information content (AvgIpc) is 2.34. The molecule has 0 amide bonds. The third-order valence-corrected chi connectivity index (χ3v) is 3.26. The van der Waals surface area contributed by atoms with E-state index in [2.05, 4.69) is 5.32 Å². The second-order valence-corrected chi connectivity index (χ2v) is 4.82. The van der Waals surface area contributed by atoms with Crippen molar-refractivity contribution in [2.75, 3.05) is 5.32 Å². The molecule has 0 fully saturated rings. The number of aryl methyl sites for hydroxylation is 2. The summed E-state index contributed by atoms with van der Waals surface area (Å²) in [4.78, 5) is 0. The molecule has 0 bridgehead atoms. The van der Waals surface area contributed by atoms with E-state index in [1.54, 1.807) is 6.07 Å². The first-order valence-electron chi connectivity index (χ1n) is 5.81. The van der Waals surface area contributed by atoms with Gasteiger partial charge in [-0.05, 0) is 37.6 Å². The quantitative estimate of drug-likeness (QED) is 0.846. The summed E-state index contributed by atoms with van der Waals surface area (Å²) in [7, 11) is 0. The Labute approximate surface area is 112 Å². The molecule has 94 valence electrons. The van der Waals surface area contributed by atoms with Crippen LogP contribution >= 0.6 is 11.6 Å². The van der Waals surface area contributed by atoms with Crippen LogP contribution in [0, 0.1) is 19.7 Å². The zero-order chi connectivity index (χ0) is 13.1. The number of hydrogen-bond donors (Lipinski definition) is 1. The average molecular weight is 264 g/mol. The van der Waals surface area contributed by atoms with Crippen molar-refractivity contribution >= 4 is 17.3 Å². The van der Waals surface area contributed by atoms with Gasteiger partial charge >= 0.3 is 0 Å². The van der Waals surface area contributed by atoms with Gasteiger partial charge in [-0.15, -0.1) is 0 Å². The molecular formula is C15H15ClFN. The normalized spacial score (nSPS) is 10.4. The molecule has 3 heteroatoms. The fourth-order valence-electron chi connectivity index (χ4n) is 1.74. The van der Waals surface area contributed by atoms with Crippen LogP contribution in [0.25, 0.3) is 0 Å². The van der Waals surface area contributed by atoms with E-state index in [1.165, 1.54) is 6.07 Å². The molecule has 1 nitrogen and oxygen atoms in total. The third-order valence-electron chi connectivity index (χ3n) is 2.86. The van der Waals surface area contributed by atoms with Crippen molar-refractivity contribution in [3.8, 4) is 0 Å². The minimum Gasteiger partial charge on any atom is -0.381 e. The standard InChI is InChI=1S/C15H15ClFN/c1-10-3-6-15(17)12(7-10)9-18-13-5-4-11(2)14(16)8-13/h3-8,18H,9H2,1-2H3. The van der Waals surface area contributed by atoms with E-state index >= 15 is 0 Å². The van der Waals surface area contributed by atoms with E-state index in [-0.39, 0.29) is 5.82 Å². The smallest absolute Gasteiger partial charge is 0.128 e. The first-order chi connectivity index (χ1) is 8.56. The number of rotatable bonds is 3. The van der Waals surface area contributed by atoms with Crippen molar-refractivity contribution in [3.05, 3.63) is 63.9 Å². The van der Waals surface area contributed by atoms with Gasteiger partial charge in [0.05, 0.1) is 0 Å². The van der Waals surface area contributed by atoms with Crippen molar-refractivity contribution < 1.29 is 4.39 Å². The molecule has 18 heavy (non-hydrogen) atoms. The lowest BCUT2D eigenvalue weighted by molar-refractivity contribution is 0.612. The van der Waals surface area contributed by atoms with Crippen LogP contribution in [0.1, 0.15) is 16.7 Å². The highest BCUT2D eigenvalue weighted by atomic mass is 35.5. The lowest BCUT2D eigenvalue weighted by Crippen LogP contribution is -2.02. The molecule has 0 atom stereocenters. The monoisotopic (exact) mass is 263 g/mol. The van der Waals surface area contributed by atoms with Crippen molar-refractivity contribution in [3.63, 3.8) is 0 Å². The minimum atomic E-state index is -0.189. The van der Waals surface area contributed by atoms with E-state index < -0.39 is 0 Å². The summed E-state index contributed by atoms with van der Waals surface area (Å²) in [6.07, 6.45) is 0. The molecule has 0 aliphatic rings. The highest BCUT2D eigenvalue weighted by molar-refractivity contribution is 6.31. The Morgan fingerprint density at radius 3 is 2.61 bits per heavy atom. The van der Waals surface area contributed by atoms with Gasteiger partial charge in [-0.2, -0.15) is 0 Å². The molecular weight excluding hydrogens is 249 g/mol. The Morgan fingerprint density at radius 2 is 1.89 bits per heavy atom. The fraction of sp³-hybridized carbons (Fsp3) is 0.200. The molecule has 0 aliphatic carbocycles. The maximum atomic E-state index is 13.5. The van der Waals surface area contributed by atoms with Crippen LogP contribution < -0.4 is 5.32 Å². The Bertz CT molecular complexity index is 566. The zero-order valence-electron chi connectivity index (χ0n) is 10.4. The highest BCUT2D eigenvalue weighted by Crippen LogP contribution is 2.21. The van der Waals surface area contributed by atoms with Crippen LogP contribution in [-0.2, 0) is 6.54 Å². The van der Waals surface area contributed by atoms with Gasteiger partial charge in [0.1, 0.15) is 5.82 Å². The Kier molecular flexibility index (Phi) is 3.87. The molecule has 0 spiro atoms. The van der Waals surface area contributed by atoms with E-state index in [4.69, 9.17) is 11.6 Å². The van der Waals surface area contributed by atoms with Gasteiger partial charge in [0.25, 0.3) is 0 Å². The van der Waals surface area contributed by atoms with E-state index in [9.17, 15) is 4.39 Å².